The van der Waals surface area contributed by atoms with Gasteiger partial charge < -0.3 is 21.0 Å². The zero-order valence-corrected chi connectivity index (χ0v) is 15.3. The molecule has 4 rings (SSSR count). The smallest absolute Gasteiger partial charge is 0.258 e. The third-order valence-corrected chi connectivity index (χ3v) is 5.14. The van der Waals surface area contributed by atoms with Crippen LogP contribution in [-0.4, -0.2) is 35.8 Å². The molecule has 27 heavy (non-hydrogen) atoms. The van der Waals surface area contributed by atoms with Crippen molar-refractivity contribution in [3.05, 3.63) is 69.9 Å². The number of fused-ring (bicyclic) bond motifs is 1. The van der Waals surface area contributed by atoms with Crippen molar-refractivity contribution >= 4 is 22.2 Å². The molecule has 1 aromatic carbocycles. The molecule has 2 aliphatic rings. The van der Waals surface area contributed by atoms with E-state index in [4.69, 9.17) is 10.4 Å². The van der Waals surface area contributed by atoms with Crippen LogP contribution >= 0.6 is 0 Å². The average molecular weight is 361 g/mol. The summed E-state index contributed by atoms with van der Waals surface area (Å²) >= 11 is 0. The highest BCUT2D eigenvalue weighted by molar-refractivity contribution is 6.13. The second-order valence-electron chi connectivity index (χ2n) is 6.94. The van der Waals surface area contributed by atoms with Crippen LogP contribution < -0.4 is 16.2 Å². The van der Waals surface area contributed by atoms with Crippen LogP contribution in [0.3, 0.4) is 0 Å². The maximum Gasteiger partial charge on any atom is 0.258 e. The fourth-order valence-corrected chi connectivity index (χ4v) is 3.64. The molecule has 1 aromatic heterocycles. The zero-order chi connectivity index (χ0) is 18.8. The minimum Gasteiger partial charge on any atom is -0.393 e. The fourth-order valence-electron chi connectivity index (χ4n) is 3.64. The number of piperidine rings is 1. The van der Waals surface area contributed by atoms with Crippen LogP contribution in [0.1, 0.15) is 30.1 Å². The first-order valence-corrected chi connectivity index (χ1v) is 9.27. The Hall–Kier alpha value is -2.99. The summed E-state index contributed by atoms with van der Waals surface area (Å²) in [5, 5.41) is 14.9. The molecule has 0 amide bonds. The molecule has 0 saturated carbocycles. The number of allylic oxidation sites excluding steroid dienone is 5. The van der Waals surface area contributed by atoms with E-state index in [2.05, 4.69) is 15.6 Å². The summed E-state index contributed by atoms with van der Waals surface area (Å²) in [6.45, 7) is 1.91. The molecule has 6 heteroatoms. The number of benzene rings is 1. The molecule has 1 fully saturated rings. The van der Waals surface area contributed by atoms with E-state index >= 15 is 0 Å². The molecule has 1 aliphatic carbocycles. The van der Waals surface area contributed by atoms with Gasteiger partial charge in [0.15, 0.2) is 0 Å². The minimum absolute atomic E-state index is 0.0780. The van der Waals surface area contributed by atoms with Gasteiger partial charge in [-0.05, 0) is 61.4 Å². The summed E-state index contributed by atoms with van der Waals surface area (Å²) in [4.78, 5) is 20.3. The van der Waals surface area contributed by atoms with Crippen LogP contribution in [-0.2, 0) is 0 Å². The molecule has 0 radical (unpaired) electrons. The van der Waals surface area contributed by atoms with Gasteiger partial charge in [-0.15, -0.1) is 0 Å². The predicted molar refractivity (Wildman–Crippen MR) is 109 cm³/mol. The average Bonchev–Trinajstić information content (AvgIpc) is 2.70. The molecule has 1 aliphatic heterocycles. The molecular formula is C21H23N5O. The highest BCUT2D eigenvalue weighted by Crippen LogP contribution is 2.26. The molecule has 0 spiro atoms. The molecule has 6 nitrogen and oxygen atoms in total. The number of nitrogens with zero attached hydrogens (tertiary/aromatic N) is 1. The van der Waals surface area contributed by atoms with Crippen molar-refractivity contribution in [3.63, 3.8) is 0 Å². The third-order valence-electron chi connectivity index (χ3n) is 5.14. The van der Waals surface area contributed by atoms with Crippen molar-refractivity contribution in [1.29, 1.82) is 5.41 Å². The van der Waals surface area contributed by atoms with E-state index in [1.165, 1.54) is 0 Å². The van der Waals surface area contributed by atoms with Gasteiger partial charge in [-0.1, -0.05) is 12.1 Å². The topological polar surface area (TPSA) is 93.7 Å². The lowest BCUT2D eigenvalue weighted by Crippen LogP contribution is -2.28. The maximum absolute atomic E-state index is 12.5. The third kappa shape index (κ3) is 3.48. The van der Waals surface area contributed by atoms with Gasteiger partial charge in [0.2, 0.25) is 0 Å². The summed E-state index contributed by atoms with van der Waals surface area (Å²) in [5.41, 5.74) is 3.92. The summed E-state index contributed by atoms with van der Waals surface area (Å²) in [6, 6.07) is 5.74. The largest absolute Gasteiger partial charge is 0.393 e. The van der Waals surface area contributed by atoms with Gasteiger partial charge in [-0.2, -0.15) is 0 Å². The van der Waals surface area contributed by atoms with E-state index in [1.54, 1.807) is 6.08 Å². The zero-order valence-electron chi connectivity index (χ0n) is 15.3. The van der Waals surface area contributed by atoms with Crippen molar-refractivity contribution in [1.82, 2.24) is 20.6 Å². The second kappa shape index (κ2) is 7.32. The molecule has 4 N–H and O–H groups in total. The van der Waals surface area contributed by atoms with Crippen molar-refractivity contribution in [3.8, 4) is 0 Å². The molecule has 2 heterocycles. The van der Waals surface area contributed by atoms with Crippen molar-refractivity contribution in [2.45, 2.75) is 18.8 Å². The number of nitrogens with one attached hydrogen (secondary N) is 4. The lowest BCUT2D eigenvalue weighted by molar-refractivity contribution is 0.445. The number of H-pyrrole nitrogens is 1. The Morgan fingerprint density at radius 2 is 2.07 bits per heavy atom. The van der Waals surface area contributed by atoms with E-state index in [0.717, 1.165) is 54.0 Å². The number of aromatic amines is 1. The number of hydrogen-bond acceptors (Lipinski definition) is 5. The summed E-state index contributed by atoms with van der Waals surface area (Å²) in [5.74, 6) is 1.09. The summed E-state index contributed by atoms with van der Waals surface area (Å²) in [6.07, 6.45) is 9.47. The van der Waals surface area contributed by atoms with Gasteiger partial charge in [0.05, 0.1) is 16.6 Å². The molecule has 0 unspecified atom stereocenters. The summed E-state index contributed by atoms with van der Waals surface area (Å²) < 4.78 is 0. The first kappa shape index (κ1) is 17.4. The lowest BCUT2D eigenvalue weighted by Gasteiger charge is -2.21. The highest BCUT2D eigenvalue weighted by Gasteiger charge is 2.19. The van der Waals surface area contributed by atoms with Crippen LogP contribution in [0.2, 0.25) is 0 Å². The number of rotatable bonds is 3. The highest BCUT2D eigenvalue weighted by atomic mass is 16.1. The Balaban J connectivity index is 1.76. The molecule has 1 saturated heterocycles. The van der Waals surface area contributed by atoms with E-state index in [1.807, 2.05) is 43.6 Å². The van der Waals surface area contributed by atoms with Gasteiger partial charge in [0, 0.05) is 24.7 Å². The SMILES string of the molecule is CN/C=C1/C=C(c2ccc3c(=O)[nH]c(C4CCNCC4)nc3c2)C=CC1=N. The van der Waals surface area contributed by atoms with Crippen molar-refractivity contribution in [2.24, 2.45) is 0 Å². The molecule has 0 bridgehead atoms. The lowest BCUT2D eigenvalue weighted by atomic mass is 9.94. The van der Waals surface area contributed by atoms with Crippen molar-refractivity contribution < 1.29 is 0 Å². The summed E-state index contributed by atoms with van der Waals surface area (Å²) in [7, 11) is 1.82. The number of hydrogen-bond donors (Lipinski definition) is 4. The normalized spacial score (nSPS) is 19.5. The Morgan fingerprint density at radius 3 is 2.85 bits per heavy atom. The van der Waals surface area contributed by atoms with E-state index in [-0.39, 0.29) is 5.56 Å². The predicted octanol–water partition coefficient (Wildman–Crippen LogP) is 2.47. The Labute approximate surface area is 157 Å². The molecule has 0 atom stereocenters. The van der Waals surface area contributed by atoms with Crippen LogP contribution in [0.4, 0.5) is 0 Å². The molecule has 138 valence electrons. The molecular weight excluding hydrogens is 338 g/mol. The second-order valence-corrected chi connectivity index (χ2v) is 6.94. The fraction of sp³-hybridized carbons (Fsp3) is 0.286. The Kier molecular flexibility index (Phi) is 4.73. The van der Waals surface area contributed by atoms with Crippen molar-refractivity contribution in [2.75, 3.05) is 20.1 Å². The Morgan fingerprint density at radius 1 is 1.26 bits per heavy atom. The van der Waals surface area contributed by atoms with E-state index < -0.39 is 0 Å². The minimum atomic E-state index is -0.0780. The number of aromatic nitrogens is 2. The van der Waals surface area contributed by atoms with Gasteiger partial charge in [-0.3, -0.25) is 4.79 Å². The first-order valence-electron chi connectivity index (χ1n) is 9.27. The van der Waals surface area contributed by atoms with E-state index in [9.17, 15) is 4.79 Å². The first-order chi connectivity index (χ1) is 13.2. The Bertz CT molecular complexity index is 1040. The standard InChI is InChI=1S/C21H23N5O/c1-23-12-16-10-14(3-5-18(16)22)15-2-4-17-19(11-15)25-20(26-21(17)27)13-6-8-24-9-7-13/h2-5,10-13,22-24H,6-9H2,1H3,(H,25,26,27)/b16-12-,22-18?. The van der Waals surface area contributed by atoms with Gasteiger partial charge >= 0.3 is 0 Å². The van der Waals surface area contributed by atoms with Crippen LogP contribution in [0, 0.1) is 5.41 Å². The van der Waals surface area contributed by atoms with E-state index in [0.29, 0.717) is 17.0 Å². The maximum atomic E-state index is 12.5. The van der Waals surface area contributed by atoms with Crippen LogP contribution in [0.25, 0.3) is 16.5 Å². The quantitative estimate of drug-likeness (QED) is 0.676. The van der Waals surface area contributed by atoms with Crippen LogP contribution in [0.15, 0.2) is 53.0 Å². The monoisotopic (exact) mass is 361 g/mol. The van der Waals surface area contributed by atoms with Gasteiger partial charge in [0.1, 0.15) is 5.82 Å². The molecule has 2 aromatic rings. The van der Waals surface area contributed by atoms with Crippen LogP contribution in [0.5, 0.6) is 0 Å². The van der Waals surface area contributed by atoms with Gasteiger partial charge in [-0.25, -0.2) is 4.98 Å². The van der Waals surface area contributed by atoms with Gasteiger partial charge in [0.25, 0.3) is 5.56 Å².